The van der Waals surface area contributed by atoms with Crippen LogP contribution in [-0.4, -0.2) is 39.4 Å². The number of rotatable bonds is 5. The van der Waals surface area contributed by atoms with Gasteiger partial charge in [-0.3, -0.25) is 4.79 Å². The Hall–Kier alpha value is -2.58. The van der Waals surface area contributed by atoms with E-state index in [1.54, 1.807) is 51.5 Å². The first-order chi connectivity index (χ1) is 13.9. The number of anilines is 1. The number of hydrogen-bond acceptors (Lipinski definition) is 5. The monoisotopic (exact) mass is 416 g/mol. The van der Waals surface area contributed by atoms with Crippen molar-refractivity contribution in [1.82, 2.24) is 4.31 Å². The van der Waals surface area contributed by atoms with Gasteiger partial charge in [-0.2, -0.15) is 4.31 Å². The minimum atomic E-state index is -3.75. The highest BCUT2D eigenvalue weighted by atomic mass is 32.2. The lowest BCUT2D eigenvalue weighted by Gasteiger charge is -2.26. The van der Waals surface area contributed by atoms with Crippen molar-refractivity contribution < 1.29 is 22.7 Å². The Labute approximate surface area is 170 Å². The smallest absolute Gasteiger partial charge is 0.243 e. The number of ether oxygens (including phenoxy) is 2. The van der Waals surface area contributed by atoms with Crippen LogP contribution in [0.25, 0.3) is 0 Å². The second-order valence-electron chi connectivity index (χ2n) is 7.34. The van der Waals surface area contributed by atoms with Crippen LogP contribution in [0.1, 0.15) is 42.9 Å². The summed E-state index contributed by atoms with van der Waals surface area (Å²) in [5.74, 6) is 0.805. The number of nitrogens with one attached hydrogen (secondary N) is 1. The lowest BCUT2D eigenvalue weighted by atomic mass is 10.0. The quantitative estimate of drug-likeness (QED) is 0.809. The van der Waals surface area contributed by atoms with E-state index < -0.39 is 10.0 Å². The van der Waals surface area contributed by atoms with Crippen LogP contribution in [0.2, 0.25) is 0 Å². The zero-order valence-electron chi connectivity index (χ0n) is 16.6. The summed E-state index contributed by atoms with van der Waals surface area (Å²) in [5.41, 5.74) is 2.18. The maximum atomic E-state index is 13.5. The van der Waals surface area contributed by atoms with Gasteiger partial charge in [-0.1, -0.05) is 0 Å². The van der Waals surface area contributed by atoms with Crippen molar-refractivity contribution in [3.05, 3.63) is 47.5 Å². The van der Waals surface area contributed by atoms with Crippen LogP contribution in [0.3, 0.4) is 0 Å². The van der Waals surface area contributed by atoms with E-state index in [4.69, 9.17) is 9.47 Å². The molecule has 2 aromatic rings. The fourth-order valence-electron chi connectivity index (χ4n) is 4.13. The molecule has 0 radical (unpaired) electrons. The summed E-state index contributed by atoms with van der Waals surface area (Å²) in [7, 11) is -0.592. The first-order valence-electron chi connectivity index (χ1n) is 9.55. The first kappa shape index (κ1) is 19.7. The molecular weight excluding hydrogens is 392 g/mol. The summed E-state index contributed by atoms with van der Waals surface area (Å²) in [6, 6.07) is 9.94. The van der Waals surface area contributed by atoms with E-state index in [0.717, 1.165) is 12.0 Å². The van der Waals surface area contributed by atoms with Gasteiger partial charge in [0, 0.05) is 17.8 Å². The lowest BCUT2D eigenvalue weighted by molar-refractivity contribution is -0.116. The van der Waals surface area contributed by atoms with Gasteiger partial charge in [0.15, 0.2) is 0 Å². The maximum absolute atomic E-state index is 13.5. The summed E-state index contributed by atoms with van der Waals surface area (Å²) >= 11 is 0. The summed E-state index contributed by atoms with van der Waals surface area (Å²) in [6.45, 7) is 2.20. The predicted molar refractivity (Wildman–Crippen MR) is 109 cm³/mol. The van der Waals surface area contributed by atoms with Crippen molar-refractivity contribution in [2.75, 3.05) is 26.1 Å². The number of fused-ring (bicyclic) bond motifs is 1. The van der Waals surface area contributed by atoms with Crippen LogP contribution in [0.4, 0.5) is 5.69 Å². The molecular formula is C21H24N2O5S. The Balaban J connectivity index is 1.74. The molecule has 8 heteroatoms. The third-order valence-corrected chi connectivity index (χ3v) is 7.65. The number of carbonyl (C=O) groups is 1. The van der Waals surface area contributed by atoms with Crippen molar-refractivity contribution in [2.45, 2.75) is 36.6 Å². The standard InChI is InChI=1S/C21H24N2O5S/c1-13-16-12-15(7-8-18(16)22-21(13)24)29(25,26)23-10-4-5-19(23)17-11-14(27-2)6-9-20(17)28-3/h6-9,11-13,19H,4-5,10H2,1-3H3,(H,22,24)/t13-,19-/m1/s1. The lowest BCUT2D eigenvalue weighted by Crippen LogP contribution is -2.31. The van der Waals surface area contributed by atoms with E-state index in [1.165, 1.54) is 4.31 Å². The van der Waals surface area contributed by atoms with Gasteiger partial charge < -0.3 is 14.8 Å². The van der Waals surface area contributed by atoms with Gasteiger partial charge in [0.1, 0.15) is 11.5 Å². The molecule has 1 saturated heterocycles. The van der Waals surface area contributed by atoms with Gasteiger partial charge in [-0.05, 0) is 61.7 Å². The Morgan fingerprint density at radius 3 is 2.59 bits per heavy atom. The van der Waals surface area contributed by atoms with Crippen LogP contribution in [-0.2, 0) is 14.8 Å². The number of carbonyl (C=O) groups excluding carboxylic acids is 1. The highest BCUT2D eigenvalue weighted by molar-refractivity contribution is 7.89. The molecule has 0 saturated carbocycles. The van der Waals surface area contributed by atoms with Crippen LogP contribution >= 0.6 is 0 Å². The van der Waals surface area contributed by atoms with Crippen molar-refractivity contribution in [2.24, 2.45) is 0 Å². The topological polar surface area (TPSA) is 84.9 Å². The molecule has 0 bridgehead atoms. The van der Waals surface area contributed by atoms with Crippen LogP contribution in [0, 0.1) is 0 Å². The van der Waals surface area contributed by atoms with E-state index in [9.17, 15) is 13.2 Å². The zero-order valence-corrected chi connectivity index (χ0v) is 17.5. The summed E-state index contributed by atoms with van der Waals surface area (Å²) in [4.78, 5) is 12.1. The number of nitrogens with zero attached hydrogens (tertiary/aromatic N) is 1. The van der Waals surface area contributed by atoms with Gasteiger partial charge >= 0.3 is 0 Å². The van der Waals surface area contributed by atoms with Crippen LogP contribution in [0.5, 0.6) is 11.5 Å². The molecule has 2 heterocycles. The minimum absolute atomic E-state index is 0.116. The largest absolute Gasteiger partial charge is 0.497 e. The van der Waals surface area contributed by atoms with Crippen molar-refractivity contribution in [3.8, 4) is 11.5 Å². The summed E-state index contributed by atoms with van der Waals surface area (Å²) in [6.07, 6.45) is 1.45. The summed E-state index contributed by atoms with van der Waals surface area (Å²) < 4.78 is 39.4. The Bertz CT molecular complexity index is 1070. The number of benzene rings is 2. The van der Waals surface area contributed by atoms with Gasteiger partial charge in [-0.15, -0.1) is 0 Å². The van der Waals surface area contributed by atoms with Crippen molar-refractivity contribution >= 4 is 21.6 Å². The third-order valence-electron chi connectivity index (χ3n) is 5.75. The maximum Gasteiger partial charge on any atom is 0.243 e. The molecule has 1 N–H and O–H groups in total. The van der Waals surface area contributed by atoms with E-state index in [1.807, 2.05) is 6.07 Å². The molecule has 2 aromatic carbocycles. The van der Waals surface area contributed by atoms with E-state index >= 15 is 0 Å². The SMILES string of the molecule is COc1ccc(OC)c([C@H]2CCCN2S(=O)(=O)c2ccc3c(c2)[C@@H](C)C(=O)N3)c1. The molecule has 29 heavy (non-hydrogen) atoms. The van der Waals surface area contributed by atoms with Gasteiger partial charge in [0.25, 0.3) is 0 Å². The second kappa shape index (κ2) is 7.35. The third kappa shape index (κ3) is 3.26. The summed E-state index contributed by atoms with van der Waals surface area (Å²) in [5, 5.41) is 2.78. The highest BCUT2D eigenvalue weighted by Gasteiger charge is 2.38. The molecule has 2 aliphatic heterocycles. The molecule has 0 unspecified atom stereocenters. The number of sulfonamides is 1. The molecule has 4 rings (SSSR count). The zero-order chi connectivity index (χ0) is 20.8. The van der Waals surface area contributed by atoms with E-state index in [-0.39, 0.29) is 22.8 Å². The van der Waals surface area contributed by atoms with E-state index in [0.29, 0.717) is 35.7 Å². The molecule has 2 atom stereocenters. The molecule has 0 aliphatic carbocycles. The van der Waals surface area contributed by atoms with Crippen molar-refractivity contribution in [1.29, 1.82) is 0 Å². The molecule has 154 valence electrons. The normalized spacial score (nSPS) is 21.7. The fraction of sp³-hybridized carbons (Fsp3) is 0.381. The Morgan fingerprint density at radius 2 is 1.86 bits per heavy atom. The average molecular weight is 416 g/mol. The molecule has 0 spiro atoms. The highest BCUT2D eigenvalue weighted by Crippen LogP contribution is 2.42. The predicted octanol–water partition coefficient (Wildman–Crippen LogP) is 3.29. The second-order valence-corrected chi connectivity index (χ2v) is 9.23. The van der Waals surface area contributed by atoms with Crippen LogP contribution < -0.4 is 14.8 Å². The fourth-order valence-corrected chi connectivity index (χ4v) is 5.84. The molecule has 1 fully saturated rings. The van der Waals surface area contributed by atoms with Gasteiger partial charge in [0.05, 0.1) is 31.1 Å². The van der Waals surface area contributed by atoms with E-state index in [2.05, 4.69) is 5.32 Å². The molecule has 0 aromatic heterocycles. The average Bonchev–Trinajstić information content (AvgIpc) is 3.33. The van der Waals surface area contributed by atoms with Crippen molar-refractivity contribution in [3.63, 3.8) is 0 Å². The Morgan fingerprint density at radius 1 is 1.07 bits per heavy atom. The molecule has 7 nitrogen and oxygen atoms in total. The molecule has 2 aliphatic rings. The van der Waals surface area contributed by atoms with Crippen LogP contribution in [0.15, 0.2) is 41.3 Å². The molecule has 1 amide bonds. The number of hydrogen-bond donors (Lipinski definition) is 1. The Kier molecular flexibility index (Phi) is 5.00. The first-order valence-corrected chi connectivity index (χ1v) is 11.0. The number of methoxy groups -OCH3 is 2. The minimum Gasteiger partial charge on any atom is -0.497 e. The number of amides is 1. The van der Waals surface area contributed by atoms with Gasteiger partial charge in [-0.25, -0.2) is 8.42 Å². The van der Waals surface area contributed by atoms with Gasteiger partial charge in [0.2, 0.25) is 15.9 Å².